The third-order valence-electron chi connectivity index (χ3n) is 3.15. The first-order valence-electron chi connectivity index (χ1n) is 5.92. The molecule has 0 fully saturated rings. The average molecular weight is 330 g/mol. The van der Waals surface area contributed by atoms with Gasteiger partial charge in [-0.05, 0) is 30.3 Å². The number of aromatic nitrogens is 2. The zero-order valence-electron chi connectivity index (χ0n) is 10.6. The van der Waals surface area contributed by atoms with Crippen LogP contribution in [0.1, 0.15) is 5.56 Å². The lowest BCUT2D eigenvalue weighted by atomic mass is 10.2. The number of halogens is 2. The van der Waals surface area contributed by atoms with Crippen molar-refractivity contribution in [1.82, 2.24) is 9.55 Å². The van der Waals surface area contributed by atoms with Crippen LogP contribution < -0.4 is 0 Å². The number of benzene rings is 2. The number of nitrogens with zero attached hydrogens (tertiary/aromatic N) is 3. The normalized spacial score (nSPS) is 10.7. The van der Waals surface area contributed by atoms with Gasteiger partial charge >= 0.3 is 0 Å². The topological polar surface area (TPSA) is 41.6 Å². The van der Waals surface area contributed by atoms with Gasteiger partial charge in [0.15, 0.2) is 0 Å². The van der Waals surface area contributed by atoms with Gasteiger partial charge in [0.2, 0.25) is 0 Å². The smallest absolute Gasteiger partial charge is 0.141 e. The van der Waals surface area contributed by atoms with Gasteiger partial charge < -0.3 is 4.57 Å². The molecule has 0 saturated carbocycles. The standard InChI is InChI=1S/C15H9BrFN3/c1-20-13-4-2-3-9(8-18)14(13)19-15(20)10-5-11(16)7-12(17)6-10/h2-7H,1H3. The van der Waals surface area contributed by atoms with Crippen LogP contribution in [0, 0.1) is 17.1 Å². The van der Waals surface area contributed by atoms with Crippen molar-refractivity contribution in [2.24, 2.45) is 7.05 Å². The van der Waals surface area contributed by atoms with Crippen LogP contribution in [0.25, 0.3) is 22.4 Å². The van der Waals surface area contributed by atoms with Crippen molar-refractivity contribution in [2.45, 2.75) is 0 Å². The highest BCUT2D eigenvalue weighted by atomic mass is 79.9. The van der Waals surface area contributed by atoms with Crippen molar-refractivity contribution in [3.05, 3.63) is 52.3 Å². The second-order valence-electron chi connectivity index (χ2n) is 4.44. The molecular weight excluding hydrogens is 321 g/mol. The molecule has 3 aromatic rings. The summed E-state index contributed by atoms with van der Waals surface area (Å²) in [5.74, 6) is 0.296. The number of fused-ring (bicyclic) bond motifs is 1. The van der Waals surface area contributed by atoms with Crippen molar-refractivity contribution in [3.8, 4) is 17.5 Å². The quantitative estimate of drug-likeness (QED) is 0.676. The molecule has 0 unspecified atom stereocenters. The molecule has 3 rings (SSSR count). The Morgan fingerprint density at radius 3 is 2.80 bits per heavy atom. The predicted octanol–water partition coefficient (Wildman–Crippen LogP) is 4.01. The van der Waals surface area contributed by atoms with Crippen LogP contribution in [-0.2, 0) is 7.05 Å². The van der Waals surface area contributed by atoms with Crippen LogP contribution in [0.15, 0.2) is 40.9 Å². The van der Waals surface area contributed by atoms with E-state index in [1.807, 2.05) is 23.7 Å². The van der Waals surface area contributed by atoms with Gasteiger partial charge in [0, 0.05) is 17.1 Å². The molecule has 0 atom stereocenters. The van der Waals surface area contributed by atoms with E-state index in [1.165, 1.54) is 12.1 Å². The molecule has 0 amide bonds. The molecule has 0 aliphatic carbocycles. The van der Waals surface area contributed by atoms with Gasteiger partial charge in [0.05, 0.1) is 11.1 Å². The second-order valence-corrected chi connectivity index (χ2v) is 5.35. The maximum absolute atomic E-state index is 13.5. The number of rotatable bonds is 1. The van der Waals surface area contributed by atoms with Gasteiger partial charge in [-0.3, -0.25) is 0 Å². The fourth-order valence-electron chi connectivity index (χ4n) is 2.25. The molecule has 0 bridgehead atoms. The first kappa shape index (κ1) is 12.8. The molecule has 1 aromatic heterocycles. The molecule has 5 heteroatoms. The van der Waals surface area contributed by atoms with E-state index in [0.29, 0.717) is 26.9 Å². The molecule has 0 saturated heterocycles. The number of para-hydroxylation sites is 1. The van der Waals surface area contributed by atoms with Gasteiger partial charge in [-0.15, -0.1) is 0 Å². The number of imidazole rings is 1. The van der Waals surface area contributed by atoms with Gasteiger partial charge in [-0.25, -0.2) is 9.37 Å². The molecule has 0 N–H and O–H groups in total. The first-order valence-corrected chi connectivity index (χ1v) is 6.71. The van der Waals surface area contributed by atoms with Crippen LogP contribution in [0.4, 0.5) is 4.39 Å². The lowest BCUT2D eigenvalue weighted by molar-refractivity contribution is 0.627. The maximum atomic E-state index is 13.5. The van der Waals surface area contributed by atoms with Gasteiger partial charge in [0.1, 0.15) is 23.2 Å². The lowest BCUT2D eigenvalue weighted by Gasteiger charge is -2.03. The Kier molecular flexibility index (Phi) is 3.03. The lowest BCUT2D eigenvalue weighted by Crippen LogP contribution is -1.93. The molecule has 3 nitrogen and oxygen atoms in total. The summed E-state index contributed by atoms with van der Waals surface area (Å²) >= 11 is 3.28. The minimum absolute atomic E-state index is 0.332. The average Bonchev–Trinajstić information content (AvgIpc) is 2.75. The fourth-order valence-corrected chi connectivity index (χ4v) is 2.71. The van der Waals surface area contributed by atoms with Crippen LogP contribution in [0.3, 0.4) is 0 Å². The van der Waals surface area contributed by atoms with Crippen molar-refractivity contribution < 1.29 is 4.39 Å². The van der Waals surface area contributed by atoms with Gasteiger partial charge in [0.25, 0.3) is 0 Å². The van der Waals surface area contributed by atoms with E-state index in [-0.39, 0.29) is 5.82 Å². The van der Waals surface area contributed by atoms with Crippen molar-refractivity contribution in [2.75, 3.05) is 0 Å². The van der Waals surface area contributed by atoms with E-state index in [4.69, 9.17) is 5.26 Å². The summed E-state index contributed by atoms with van der Waals surface area (Å²) in [4.78, 5) is 4.49. The number of nitriles is 1. The number of hydrogen-bond acceptors (Lipinski definition) is 2. The first-order chi connectivity index (χ1) is 9.60. The third-order valence-corrected chi connectivity index (χ3v) is 3.61. The summed E-state index contributed by atoms with van der Waals surface area (Å²) < 4.78 is 16.0. The van der Waals surface area contributed by atoms with Gasteiger partial charge in [-0.2, -0.15) is 5.26 Å². The molecule has 20 heavy (non-hydrogen) atoms. The molecular formula is C15H9BrFN3. The molecule has 1 heterocycles. The summed E-state index contributed by atoms with van der Waals surface area (Å²) in [6.07, 6.45) is 0. The number of hydrogen-bond donors (Lipinski definition) is 0. The summed E-state index contributed by atoms with van der Waals surface area (Å²) in [7, 11) is 1.85. The van der Waals surface area contributed by atoms with E-state index in [1.54, 1.807) is 12.1 Å². The monoisotopic (exact) mass is 329 g/mol. The summed E-state index contributed by atoms with van der Waals surface area (Å²) in [5, 5.41) is 9.13. The molecule has 0 radical (unpaired) electrons. The fraction of sp³-hybridized carbons (Fsp3) is 0.0667. The predicted molar refractivity (Wildman–Crippen MR) is 78.5 cm³/mol. The highest BCUT2D eigenvalue weighted by molar-refractivity contribution is 9.10. The largest absolute Gasteiger partial charge is 0.327 e. The Hall–Kier alpha value is -2.19. The zero-order valence-corrected chi connectivity index (χ0v) is 12.1. The van der Waals surface area contributed by atoms with E-state index in [9.17, 15) is 4.39 Å². The van der Waals surface area contributed by atoms with Crippen molar-refractivity contribution >= 4 is 27.0 Å². The Morgan fingerprint density at radius 1 is 1.30 bits per heavy atom. The molecule has 0 spiro atoms. The van der Waals surface area contributed by atoms with Crippen LogP contribution in [0.2, 0.25) is 0 Å². The Bertz CT molecular complexity index is 841. The summed E-state index contributed by atoms with van der Waals surface area (Å²) in [6, 6.07) is 12.2. The SMILES string of the molecule is Cn1c(-c2cc(F)cc(Br)c2)nc2c(C#N)cccc21. The second kappa shape index (κ2) is 4.73. The highest BCUT2D eigenvalue weighted by Gasteiger charge is 2.13. The van der Waals surface area contributed by atoms with Crippen molar-refractivity contribution in [3.63, 3.8) is 0 Å². The minimum Gasteiger partial charge on any atom is -0.327 e. The van der Waals surface area contributed by atoms with Crippen molar-refractivity contribution in [1.29, 1.82) is 5.26 Å². The minimum atomic E-state index is -0.332. The number of aryl methyl sites for hydroxylation is 1. The Balaban J connectivity index is 2.32. The van der Waals surface area contributed by atoms with E-state index < -0.39 is 0 Å². The third kappa shape index (κ3) is 1.98. The van der Waals surface area contributed by atoms with E-state index in [2.05, 4.69) is 27.0 Å². The van der Waals surface area contributed by atoms with Crippen LogP contribution >= 0.6 is 15.9 Å². The molecule has 98 valence electrons. The summed E-state index contributed by atoms with van der Waals surface area (Å²) in [5.41, 5.74) is 2.66. The van der Waals surface area contributed by atoms with E-state index in [0.717, 1.165) is 5.52 Å². The Labute approximate surface area is 123 Å². The highest BCUT2D eigenvalue weighted by Crippen LogP contribution is 2.28. The zero-order chi connectivity index (χ0) is 14.3. The van der Waals surface area contributed by atoms with E-state index >= 15 is 0 Å². The molecule has 0 aliphatic heterocycles. The van der Waals surface area contributed by atoms with Gasteiger partial charge in [-0.1, -0.05) is 22.0 Å². The molecule has 2 aromatic carbocycles. The molecule has 0 aliphatic rings. The summed E-state index contributed by atoms with van der Waals surface area (Å²) in [6.45, 7) is 0. The maximum Gasteiger partial charge on any atom is 0.141 e. The Morgan fingerprint density at radius 2 is 2.10 bits per heavy atom. The van der Waals surface area contributed by atoms with Crippen LogP contribution in [0.5, 0.6) is 0 Å². The van der Waals surface area contributed by atoms with Crippen LogP contribution in [-0.4, -0.2) is 9.55 Å².